The number of fused-ring (bicyclic) bond motifs is 6. The van der Waals surface area contributed by atoms with Crippen molar-refractivity contribution < 1.29 is 0 Å². The fourth-order valence-electron chi connectivity index (χ4n) is 10.6. The van der Waals surface area contributed by atoms with Crippen LogP contribution in [-0.2, 0) is 5.41 Å². The van der Waals surface area contributed by atoms with Gasteiger partial charge in [0, 0.05) is 38.9 Å². The minimum Gasteiger partial charge on any atom is -0.311 e. The second-order valence-corrected chi connectivity index (χ2v) is 19.3. The molecule has 1 aliphatic rings. The molecule has 0 unspecified atom stereocenters. The van der Waals surface area contributed by atoms with Gasteiger partial charge in [-0.1, -0.05) is 188 Å². The van der Waals surface area contributed by atoms with Crippen molar-refractivity contribution in [2.24, 2.45) is 0 Å². The molecule has 1 heterocycles. The average Bonchev–Trinajstić information content (AvgIpc) is 3.82. The van der Waals surface area contributed by atoms with E-state index in [2.05, 4.69) is 269 Å². The summed E-state index contributed by atoms with van der Waals surface area (Å²) in [6.45, 7) is 11.2. The van der Waals surface area contributed by atoms with E-state index in [4.69, 9.17) is 0 Å². The number of hydrogen-bond donors (Lipinski definition) is 0. The summed E-state index contributed by atoms with van der Waals surface area (Å²) in [5.74, 6) is 0. The lowest BCUT2D eigenvalue weighted by Crippen LogP contribution is -2.15. The molecule has 326 valence electrons. The van der Waals surface area contributed by atoms with Crippen molar-refractivity contribution in [2.75, 3.05) is 4.90 Å². The summed E-state index contributed by atoms with van der Waals surface area (Å²) in [6, 6.07) is 83.3. The van der Waals surface area contributed by atoms with E-state index in [0.717, 1.165) is 22.7 Å². The molecule has 10 aromatic carbocycles. The summed E-state index contributed by atoms with van der Waals surface area (Å²) in [4.78, 5) is 2.36. The predicted molar refractivity (Wildman–Crippen MR) is 289 cm³/mol. The molecule has 1 aliphatic carbocycles. The largest absolute Gasteiger partial charge is 0.311 e. The molecular formula is C66H52N2. The van der Waals surface area contributed by atoms with E-state index in [-0.39, 0.29) is 5.41 Å². The normalized spacial score (nSPS) is 12.6. The first-order valence-corrected chi connectivity index (χ1v) is 23.8. The lowest BCUT2D eigenvalue weighted by atomic mass is 9.81. The fraction of sp³-hybridized carbons (Fsp3) is 0.0909. The van der Waals surface area contributed by atoms with E-state index < -0.39 is 0 Å². The van der Waals surface area contributed by atoms with E-state index in [1.165, 1.54) is 105 Å². The van der Waals surface area contributed by atoms with Crippen LogP contribution in [0.15, 0.2) is 224 Å². The van der Waals surface area contributed by atoms with Gasteiger partial charge in [0.25, 0.3) is 0 Å². The zero-order valence-corrected chi connectivity index (χ0v) is 39.3. The second-order valence-electron chi connectivity index (χ2n) is 19.3. The second kappa shape index (κ2) is 16.3. The van der Waals surface area contributed by atoms with Gasteiger partial charge in [0.05, 0.1) is 11.0 Å². The molecule has 2 heteroatoms. The number of rotatable bonds is 8. The van der Waals surface area contributed by atoms with Gasteiger partial charge in [0.2, 0.25) is 0 Å². The zero-order valence-electron chi connectivity index (χ0n) is 39.3. The molecule has 11 aromatic rings. The molecule has 0 saturated heterocycles. The van der Waals surface area contributed by atoms with Gasteiger partial charge in [-0.3, -0.25) is 0 Å². The molecule has 1 aromatic heterocycles. The van der Waals surface area contributed by atoms with E-state index in [0.29, 0.717) is 0 Å². The Bertz CT molecular complexity index is 3680. The first-order chi connectivity index (χ1) is 33.2. The number of para-hydroxylation sites is 1. The molecule has 0 aliphatic heterocycles. The van der Waals surface area contributed by atoms with Gasteiger partial charge in [-0.05, 0) is 154 Å². The number of benzene rings is 10. The van der Waals surface area contributed by atoms with Crippen LogP contribution in [0, 0.1) is 20.8 Å². The van der Waals surface area contributed by atoms with Crippen LogP contribution in [-0.4, -0.2) is 4.57 Å². The number of nitrogens with zero attached hydrogens (tertiary/aromatic N) is 2. The van der Waals surface area contributed by atoms with Gasteiger partial charge in [-0.25, -0.2) is 0 Å². The van der Waals surface area contributed by atoms with Gasteiger partial charge in [0.15, 0.2) is 0 Å². The van der Waals surface area contributed by atoms with Crippen LogP contribution < -0.4 is 4.90 Å². The Balaban J connectivity index is 0.871. The quantitative estimate of drug-likeness (QED) is 0.148. The summed E-state index contributed by atoms with van der Waals surface area (Å²) in [7, 11) is 0. The highest BCUT2D eigenvalue weighted by molar-refractivity contribution is 6.10. The van der Waals surface area contributed by atoms with Gasteiger partial charge in [-0.2, -0.15) is 0 Å². The van der Waals surface area contributed by atoms with E-state index >= 15 is 0 Å². The van der Waals surface area contributed by atoms with Crippen molar-refractivity contribution in [3.8, 4) is 61.3 Å². The molecule has 68 heavy (non-hydrogen) atoms. The van der Waals surface area contributed by atoms with Gasteiger partial charge < -0.3 is 9.47 Å². The van der Waals surface area contributed by atoms with E-state index in [1.54, 1.807) is 0 Å². The molecule has 12 rings (SSSR count). The van der Waals surface area contributed by atoms with Crippen molar-refractivity contribution in [2.45, 2.75) is 40.0 Å². The topological polar surface area (TPSA) is 8.17 Å². The highest BCUT2D eigenvalue weighted by Crippen LogP contribution is 2.50. The van der Waals surface area contributed by atoms with Crippen LogP contribution in [0.2, 0.25) is 0 Å². The predicted octanol–water partition coefficient (Wildman–Crippen LogP) is 18.2. The molecule has 2 nitrogen and oxygen atoms in total. The molecule has 0 amide bonds. The zero-order chi connectivity index (χ0) is 46.1. The van der Waals surface area contributed by atoms with Crippen molar-refractivity contribution in [3.05, 3.63) is 252 Å². The van der Waals surface area contributed by atoms with E-state index in [9.17, 15) is 0 Å². The summed E-state index contributed by atoms with van der Waals surface area (Å²) in [6.07, 6.45) is 0. The third-order valence-electron chi connectivity index (χ3n) is 14.4. The lowest BCUT2D eigenvalue weighted by molar-refractivity contribution is 0.660. The Morgan fingerprint density at radius 1 is 0.324 bits per heavy atom. The fourth-order valence-corrected chi connectivity index (χ4v) is 10.6. The van der Waals surface area contributed by atoms with Crippen LogP contribution >= 0.6 is 0 Å². The maximum Gasteiger partial charge on any atom is 0.0547 e. The third kappa shape index (κ3) is 7.12. The molecular weight excluding hydrogens is 821 g/mol. The van der Waals surface area contributed by atoms with Gasteiger partial charge >= 0.3 is 0 Å². The van der Waals surface area contributed by atoms with Crippen molar-refractivity contribution >= 4 is 38.9 Å². The first kappa shape index (κ1) is 41.2. The summed E-state index contributed by atoms with van der Waals surface area (Å²) in [5, 5.41) is 2.49. The molecule has 0 N–H and O–H groups in total. The van der Waals surface area contributed by atoms with Crippen molar-refractivity contribution in [3.63, 3.8) is 0 Å². The van der Waals surface area contributed by atoms with Crippen LogP contribution in [0.4, 0.5) is 17.1 Å². The highest BCUT2D eigenvalue weighted by Gasteiger charge is 2.35. The summed E-state index contributed by atoms with van der Waals surface area (Å²) < 4.78 is 2.43. The third-order valence-corrected chi connectivity index (χ3v) is 14.4. The number of aromatic nitrogens is 1. The maximum atomic E-state index is 2.43. The Morgan fingerprint density at radius 3 is 1.38 bits per heavy atom. The average molecular weight is 873 g/mol. The first-order valence-electron chi connectivity index (χ1n) is 23.8. The molecule has 0 saturated carbocycles. The van der Waals surface area contributed by atoms with Crippen LogP contribution in [0.25, 0.3) is 83.1 Å². The molecule has 0 atom stereocenters. The molecule has 0 fully saturated rings. The van der Waals surface area contributed by atoms with Gasteiger partial charge in [0.1, 0.15) is 0 Å². The number of hydrogen-bond acceptors (Lipinski definition) is 1. The Hall–Kier alpha value is -8.20. The highest BCUT2D eigenvalue weighted by atomic mass is 15.1. The van der Waals surface area contributed by atoms with Gasteiger partial charge in [-0.15, -0.1) is 0 Å². The Labute approximate surface area is 400 Å². The molecule has 0 spiro atoms. The molecule has 0 bridgehead atoms. The Kier molecular flexibility index (Phi) is 9.88. The summed E-state index contributed by atoms with van der Waals surface area (Å²) in [5.41, 5.74) is 25.8. The smallest absolute Gasteiger partial charge is 0.0547 e. The SMILES string of the molecule is Cc1ccc(-c2ccc(-c3cccc(-n4c5ccccc5c5ccc(-c6ccc(N(c7ccc(C)cc7)c7ccc(-c8ccc9c(c8)C(C)(C)c8cc(C)ccc8-9)cc7)cc6)cc54)c3)cc2)cc1. The van der Waals surface area contributed by atoms with E-state index in [1.807, 2.05) is 0 Å². The van der Waals surface area contributed by atoms with Crippen molar-refractivity contribution in [1.29, 1.82) is 0 Å². The minimum atomic E-state index is -0.0478. The van der Waals surface area contributed by atoms with Crippen molar-refractivity contribution in [1.82, 2.24) is 4.57 Å². The number of aryl methyl sites for hydroxylation is 3. The standard InChI is InChI=1S/C66H52N2/c1-43-13-18-46(19-14-43)47-20-22-48(23-21-47)51-9-8-10-57(40-51)68-64-12-7-6-11-60(64)61-38-29-53(42-65(61)68)50-26-34-56(35-27-50)67(54-30-15-44(2)16-31-54)55-32-24-49(25-33-55)52-28-37-59-58-36-17-45(3)39-62(58)66(4,5)63(59)41-52/h6-42H,1-5H3. The van der Waals surface area contributed by atoms with Crippen LogP contribution in [0.5, 0.6) is 0 Å². The maximum absolute atomic E-state index is 2.43. The van der Waals surface area contributed by atoms with Crippen LogP contribution in [0.3, 0.4) is 0 Å². The lowest BCUT2D eigenvalue weighted by Gasteiger charge is -2.26. The Morgan fingerprint density at radius 2 is 0.750 bits per heavy atom. The minimum absolute atomic E-state index is 0.0478. The monoisotopic (exact) mass is 872 g/mol. The van der Waals surface area contributed by atoms with Crippen LogP contribution in [0.1, 0.15) is 41.7 Å². The number of anilines is 3. The summed E-state index contributed by atoms with van der Waals surface area (Å²) >= 11 is 0. The molecule has 0 radical (unpaired) electrons.